The van der Waals surface area contributed by atoms with E-state index in [0.29, 0.717) is 10.8 Å². The monoisotopic (exact) mass is 446 g/mol. The average molecular weight is 447 g/mol. The minimum absolute atomic E-state index is 0.171. The number of nitrogens with one attached hydrogen (secondary N) is 1. The third-order valence-electron chi connectivity index (χ3n) is 3.90. The second-order valence-corrected chi connectivity index (χ2v) is 8.59. The first-order valence-corrected chi connectivity index (χ1v) is 10.7. The van der Waals surface area contributed by atoms with Crippen molar-refractivity contribution < 1.29 is 22.7 Å². The average Bonchev–Trinajstić information content (AvgIpc) is 2.63. The van der Waals surface area contributed by atoms with Crippen LogP contribution in [0.2, 0.25) is 10.0 Å². The predicted octanol–water partition coefficient (Wildman–Crippen LogP) is 3.80. The lowest BCUT2D eigenvalue weighted by Gasteiger charge is -2.29. The quantitative estimate of drug-likeness (QED) is 0.698. The molecular formula is C18H20Cl2N2O5S. The first kappa shape index (κ1) is 22.1. The van der Waals surface area contributed by atoms with Gasteiger partial charge in [-0.1, -0.05) is 23.2 Å². The molecule has 2 aromatic carbocycles. The number of benzene rings is 2. The second kappa shape index (κ2) is 8.89. The van der Waals surface area contributed by atoms with Crippen molar-refractivity contribution in [2.45, 2.75) is 13.0 Å². The minimum Gasteiger partial charge on any atom is -0.497 e. The minimum atomic E-state index is -3.85. The molecule has 0 spiro atoms. The van der Waals surface area contributed by atoms with Crippen LogP contribution in [-0.4, -0.2) is 40.8 Å². The summed E-state index contributed by atoms with van der Waals surface area (Å²) >= 11 is 12.0. The van der Waals surface area contributed by atoms with Crippen molar-refractivity contribution >= 4 is 50.5 Å². The molecule has 0 aliphatic carbocycles. The molecule has 1 atom stereocenters. The normalized spacial score (nSPS) is 12.2. The lowest BCUT2D eigenvalue weighted by Crippen LogP contribution is -2.45. The van der Waals surface area contributed by atoms with Gasteiger partial charge in [0.15, 0.2) is 0 Å². The van der Waals surface area contributed by atoms with Crippen LogP contribution in [0, 0.1) is 0 Å². The van der Waals surface area contributed by atoms with E-state index in [4.69, 9.17) is 32.7 Å². The largest absolute Gasteiger partial charge is 0.497 e. The summed E-state index contributed by atoms with van der Waals surface area (Å²) in [6.45, 7) is 1.45. The van der Waals surface area contributed by atoms with Gasteiger partial charge in [-0.2, -0.15) is 0 Å². The number of ether oxygens (including phenoxy) is 2. The summed E-state index contributed by atoms with van der Waals surface area (Å²) in [5, 5.41) is 3.26. The highest BCUT2D eigenvalue weighted by molar-refractivity contribution is 7.92. The Labute approximate surface area is 174 Å². The Bertz CT molecular complexity index is 982. The van der Waals surface area contributed by atoms with E-state index in [9.17, 15) is 13.2 Å². The molecule has 7 nitrogen and oxygen atoms in total. The van der Waals surface area contributed by atoms with Gasteiger partial charge >= 0.3 is 0 Å². The van der Waals surface area contributed by atoms with Crippen molar-refractivity contribution in [2.24, 2.45) is 0 Å². The molecule has 0 radical (unpaired) electrons. The lowest BCUT2D eigenvalue weighted by atomic mass is 10.2. The standard InChI is InChI=1S/C18H20Cl2N2O5S/c1-11(18(23)21-15-9-12(19)5-7-14(15)20)22(28(4,24)25)16-10-13(26-2)6-8-17(16)27-3/h5-11H,1-4H3,(H,21,23)/t11-/m0/s1. The van der Waals surface area contributed by atoms with Crippen LogP contribution in [0.4, 0.5) is 11.4 Å². The lowest BCUT2D eigenvalue weighted by molar-refractivity contribution is -0.116. The number of anilines is 2. The maximum atomic E-state index is 12.8. The zero-order valence-electron chi connectivity index (χ0n) is 15.7. The third kappa shape index (κ3) is 5.01. The second-order valence-electron chi connectivity index (χ2n) is 5.89. The fourth-order valence-electron chi connectivity index (χ4n) is 2.58. The Kier molecular flexibility index (Phi) is 7.03. The first-order chi connectivity index (χ1) is 13.1. The molecule has 0 aliphatic heterocycles. The van der Waals surface area contributed by atoms with Crippen molar-refractivity contribution in [3.8, 4) is 11.5 Å². The van der Waals surface area contributed by atoms with Crippen LogP contribution in [0.25, 0.3) is 0 Å². The number of sulfonamides is 1. The molecule has 0 saturated heterocycles. The number of hydrogen-bond donors (Lipinski definition) is 1. The molecule has 2 aromatic rings. The van der Waals surface area contributed by atoms with Crippen molar-refractivity contribution in [3.63, 3.8) is 0 Å². The summed E-state index contributed by atoms with van der Waals surface area (Å²) in [6, 6.07) is 8.13. The Morgan fingerprint density at radius 1 is 1.11 bits per heavy atom. The number of rotatable bonds is 7. The van der Waals surface area contributed by atoms with E-state index in [0.717, 1.165) is 10.6 Å². The molecule has 0 bridgehead atoms. The highest BCUT2D eigenvalue weighted by atomic mass is 35.5. The van der Waals surface area contributed by atoms with Crippen LogP contribution in [-0.2, 0) is 14.8 Å². The smallest absolute Gasteiger partial charge is 0.248 e. The van der Waals surface area contributed by atoms with Crippen LogP contribution in [0.3, 0.4) is 0 Å². The molecule has 0 saturated carbocycles. The Morgan fingerprint density at radius 3 is 2.36 bits per heavy atom. The predicted molar refractivity (Wildman–Crippen MR) is 111 cm³/mol. The maximum absolute atomic E-state index is 12.8. The Hall–Kier alpha value is -2.16. The van der Waals surface area contributed by atoms with Gasteiger partial charge in [-0.25, -0.2) is 8.42 Å². The first-order valence-electron chi connectivity index (χ1n) is 8.05. The number of halogens is 2. The molecule has 1 N–H and O–H groups in total. The number of methoxy groups -OCH3 is 2. The summed E-state index contributed by atoms with van der Waals surface area (Å²) in [7, 11) is -0.995. The molecule has 0 unspecified atom stereocenters. The number of carbonyl (C=O) groups is 1. The van der Waals surface area contributed by atoms with Crippen LogP contribution < -0.4 is 19.1 Å². The summed E-state index contributed by atoms with van der Waals surface area (Å²) in [6.07, 6.45) is 1.00. The summed E-state index contributed by atoms with van der Waals surface area (Å²) in [5.41, 5.74) is 0.446. The summed E-state index contributed by atoms with van der Waals surface area (Å²) in [5.74, 6) is 0.0843. The summed E-state index contributed by atoms with van der Waals surface area (Å²) < 4.78 is 36.4. The number of carbonyl (C=O) groups excluding carboxylic acids is 1. The third-order valence-corrected chi connectivity index (χ3v) is 5.69. The van der Waals surface area contributed by atoms with Gasteiger partial charge in [0.1, 0.15) is 17.5 Å². The maximum Gasteiger partial charge on any atom is 0.248 e. The van der Waals surface area contributed by atoms with E-state index in [1.807, 2.05) is 0 Å². The van der Waals surface area contributed by atoms with Gasteiger partial charge in [0, 0.05) is 11.1 Å². The summed E-state index contributed by atoms with van der Waals surface area (Å²) in [4.78, 5) is 12.8. The van der Waals surface area contributed by atoms with E-state index in [2.05, 4.69) is 5.32 Å². The van der Waals surface area contributed by atoms with Crippen LogP contribution >= 0.6 is 23.2 Å². The molecule has 1 amide bonds. The van der Waals surface area contributed by atoms with Gasteiger partial charge in [0.2, 0.25) is 15.9 Å². The Morgan fingerprint density at radius 2 is 1.79 bits per heavy atom. The molecule has 2 rings (SSSR count). The van der Waals surface area contributed by atoms with E-state index >= 15 is 0 Å². The van der Waals surface area contributed by atoms with E-state index in [1.165, 1.54) is 39.3 Å². The molecule has 0 heterocycles. The molecule has 10 heteroatoms. The van der Waals surface area contributed by atoms with Gasteiger partial charge in [-0.05, 0) is 37.3 Å². The van der Waals surface area contributed by atoms with E-state index in [-0.39, 0.29) is 22.1 Å². The number of nitrogens with zero attached hydrogens (tertiary/aromatic N) is 1. The molecule has 152 valence electrons. The molecule has 28 heavy (non-hydrogen) atoms. The van der Waals surface area contributed by atoms with Gasteiger partial charge in [0.05, 0.1) is 36.9 Å². The fourth-order valence-corrected chi connectivity index (χ4v) is 4.09. The zero-order valence-corrected chi connectivity index (χ0v) is 18.0. The molecule has 0 aromatic heterocycles. The fraction of sp³-hybridized carbons (Fsp3) is 0.278. The van der Waals surface area contributed by atoms with Gasteiger partial charge < -0.3 is 14.8 Å². The molecular weight excluding hydrogens is 427 g/mol. The Balaban J connectivity index is 2.46. The van der Waals surface area contributed by atoms with E-state index in [1.54, 1.807) is 18.2 Å². The van der Waals surface area contributed by atoms with Gasteiger partial charge in [0.25, 0.3) is 0 Å². The molecule has 0 fully saturated rings. The van der Waals surface area contributed by atoms with E-state index < -0.39 is 22.0 Å². The van der Waals surface area contributed by atoms with Crippen molar-refractivity contribution in [1.82, 2.24) is 0 Å². The van der Waals surface area contributed by atoms with Crippen LogP contribution in [0.15, 0.2) is 36.4 Å². The highest BCUT2D eigenvalue weighted by Gasteiger charge is 2.32. The van der Waals surface area contributed by atoms with Crippen LogP contribution in [0.1, 0.15) is 6.92 Å². The topological polar surface area (TPSA) is 84.9 Å². The van der Waals surface area contributed by atoms with Crippen molar-refractivity contribution in [2.75, 3.05) is 30.1 Å². The van der Waals surface area contributed by atoms with Crippen LogP contribution in [0.5, 0.6) is 11.5 Å². The zero-order chi connectivity index (χ0) is 21.1. The number of amides is 1. The van der Waals surface area contributed by atoms with Gasteiger partial charge in [-0.3, -0.25) is 9.10 Å². The SMILES string of the molecule is COc1ccc(OC)c(N([C@@H](C)C(=O)Nc2cc(Cl)ccc2Cl)S(C)(=O)=O)c1. The van der Waals surface area contributed by atoms with Crippen molar-refractivity contribution in [1.29, 1.82) is 0 Å². The number of hydrogen-bond acceptors (Lipinski definition) is 5. The van der Waals surface area contributed by atoms with Crippen molar-refractivity contribution in [3.05, 3.63) is 46.4 Å². The molecule has 0 aliphatic rings. The van der Waals surface area contributed by atoms with Gasteiger partial charge in [-0.15, -0.1) is 0 Å². The highest BCUT2D eigenvalue weighted by Crippen LogP contribution is 2.35.